The number of benzene rings is 1. The lowest BCUT2D eigenvalue weighted by atomic mass is 10.0. The lowest BCUT2D eigenvalue weighted by molar-refractivity contribution is -0.131. The van der Waals surface area contributed by atoms with Gasteiger partial charge in [-0.05, 0) is 37.1 Å². The number of carbonyl (C=O) groups is 1. The fourth-order valence-electron chi connectivity index (χ4n) is 2.73. The van der Waals surface area contributed by atoms with Crippen LogP contribution in [-0.2, 0) is 11.2 Å². The molecular weight excluding hydrogens is 252 g/mol. The maximum Gasteiger partial charge on any atom is 0.227 e. The second kappa shape index (κ2) is 7.29. The fraction of sp³-hybridized carbons (Fsp3) is 0.562. The zero-order chi connectivity index (χ0) is 14.4. The van der Waals surface area contributed by atoms with Gasteiger partial charge in [-0.3, -0.25) is 4.79 Å². The van der Waals surface area contributed by atoms with Gasteiger partial charge in [0.05, 0.1) is 13.5 Å². The number of ether oxygens (including phenoxy) is 1. The van der Waals surface area contributed by atoms with Gasteiger partial charge >= 0.3 is 0 Å². The van der Waals surface area contributed by atoms with Crippen LogP contribution in [0.4, 0.5) is 0 Å². The highest BCUT2D eigenvalue weighted by atomic mass is 16.5. The van der Waals surface area contributed by atoms with Gasteiger partial charge in [0.15, 0.2) is 0 Å². The van der Waals surface area contributed by atoms with Crippen molar-refractivity contribution >= 4 is 5.91 Å². The average Bonchev–Trinajstić information content (AvgIpc) is 2.48. The number of likely N-dealkylation sites (tertiary alicyclic amines) is 1. The van der Waals surface area contributed by atoms with E-state index >= 15 is 0 Å². The molecule has 0 aromatic heterocycles. The van der Waals surface area contributed by atoms with Crippen LogP contribution in [0, 0.1) is 0 Å². The van der Waals surface area contributed by atoms with E-state index in [1.54, 1.807) is 7.11 Å². The molecule has 1 aliphatic rings. The lowest BCUT2D eigenvalue weighted by Gasteiger charge is -2.33. The first-order valence-electron chi connectivity index (χ1n) is 7.37. The maximum atomic E-state index is 12.4. The third kappa shape index (κ3) is 3.97. The zero-order valence-electron chi connectivity index (χ0n) is 12.4. The van der Waals surface area contributed by atoms with Gasteiger partial charge in [-0.15, -0.1) is 0 Å². The highest BCUT2D eigenvalue weighted by molar-refractivity contribution is 5.79. The second-order valence-corrected chi connectivity index (χ2v) is 5.26. The molecule has 1 fully saturated rings. The summed E-state index contributed by atoms with van der Waals surface area (Å²) in [6.45, 7) is 4.78. The van der Waals surface area contributed by atoms with Crippen LogP contribution in [-0.4, -0.2) is 43.6 Å². The Labute approximate surface area is 121 Å². The van der Waals surface area contributed by atoms with E-state index in [0.717, 1.165) is 43.8 Å². The summed E-state index contributed by atoms with van der Waals surface area (Å²) >= 11 is 0. The molecule has 1 aliphatic heterocycles. The first kappa shape index (κ1) is 14.9. The van der Waals surface area contributed by atoms with Gasteiger partial charge in [0.25, 0.3) is 0 Å². The van der Waals surface area contributed by atoms with Crippen molar-refractivity contribution in [3.8, 4) is 5.75 Å². The first-order valence-corrected chi connectivity index (χ1v) is 7.37. The molecule has 20 heavy (non-hydrogen) atoms. The number of hydrogen-bond donors (Lipinski definition) is 1. The number of nitrogens with one attached hydrogen (secondary N) is 1. The molecule has 1 aromatic rings. The Hall–Kier alpha value is -1.55. The summed E-state index contributed by atoms with van der Waals surface area (Å²) in [5.41, 5.74) is 1.01. The van der Waals surface area contributed by atoms with E-state index in [1.807, 2.05) is 29.2 Å². The average molecular weight is 276 g/mol. The summed E-state index contributed by atoms with van der Waals surface area (Å²) in [7, 11) is 1.65. The van der Waals surface area contributed by atoms with Crippen molar-refractivity contribution in [2.24, 2.45) is 0 Å². The molecule has 0 bridgehead atoms. The Morgan fingerprint density at radius 2 is 2.35 bits per heavy atom. The molecule has 4 nitrogen and oxygen atoms in total. The molecule has 1 N–H and O–H groups in total. The summed E-state index contributed by atoms with van der Waals surface area (Å²) < 4.78 is 5.20. The topological polar surface area (TPSA) is 41.6 Å². The van der Waals surface area contributed by atoms with Gasteiger partial charge in [0, 0.05) is 19.1 Å². The molecule has 1 amide bonds. The largest absolute Gasteiger partial charge is 0.497 e. The summed E-state index contributed by atoms with van der Waals surface area (Å²) in [5.74, 6) is 1.01. The number of amides is 1. The lowest BCUT2D eigenvalue weighted by Crippen LogP contribution is -2.48. The molecule has 1 aromatic carbocycles. The number of nitrogens with zero attached hydrogens (tertiary/aromatic N) is 1. The monoisotopic (exact) mass is 276 g/mol. The fourth-order valence-corrected chi connectivity index (χ4v) is 2.73. The van der Waals surface area contributed by atoms with Crippen LogP contribution in [0.5, 0.6) is 5.75 Å². The van der Waals surface area contributed by atoms with Gasteiger partial charge < -0.3 is 15.0 Å². The smallest absolute Gasteiger partial charge is 0.227 e. The van der Waals surface area contributed by atoms with Gasteiger partial charge in [-0.2, -0.15) is 0 Å². The van der Waals surface area contributed by atoms with E-state index in [2.05, 4.69) is 12.2 Å². The van der Waals surface area contributed by atoms with Crippen LogP contribution >= 0.6 is 0 Å². The SMILES string of the molecule is CCNC1CCCN(C(=O)Cc2cccc(OC)c2)C1. The Morgan fingerprint density at radius 3 is 3.10 bits per heavy atom. The summed E-state index contributed by atoms with van der Waals surface area (Å²) in [5, 5.41) is 3.44. The van der Waals surface area contributed by atoms with Crippen molar-refractivity contribution in [1.29, 1.82) is 0 Å². The Morgan fingerprint density at radius 1 is 1.50 bits per heavy atom. The van der Waals surface area contributed by atoms with Crippen LogP contribution in [0.15, 0.2) is 24.3 Å². The summed E-state index contributed by atoms with van der Waals surface area (Å²) in [6.07, 6.45) is 2.70. The van der Waals surface area contributed by atoms with Crippen molar-refractivity contribution in [2.75, 3.05) is 26.7 Å². The number of rotatable bonds is 5. The molecule has 1 atom stereocenters. The third-order valence-corrected chi connectivity index (χ3v) is 3.76. The predicted molar refractivity (Wildman–Crippen MR) is 80.0 cm³/mol. The summed E-state index contributed by atoms with van der Waals surface area (Å²) in [4.78, 5) is 14.4. The highest BCUT2D eigenvalue weighted by Crippen LogP contribution is 2.16. The van der Waals surface area contributed by atoms with Crippen LogP contribution in [0.3, 0.4) is 0 Å². The molecule has 0 aliphatic carbocycles. The van der Waals surface area contributed by atoms with E-state index in [0.29, 0.717) is 12.5 Å². The van der Waals surface area contributed by atoms with Gasteiger partial charge in [0.2, 0.25) is 5.91 Å². The number of likely N-dealkylation sites (N-methyl/N-ethyl adjacent to an activating group) is 1. The number of methoxy groups -OCH3 is 1. The number of hydrogen-bond acceptors (Lipinski definition) is 3. The van der Waals surface area contributed by atoms with Crippen molar-refractivity contribution in [2.45, 2.75) is 32.2 Å². The Balaban J connectivity index is 1.93. The van der Waals surface area contributed by atoms with Crippen LogP contribution < -0.4 is 10.1 Å². The second-order valence-electron chi connectivity index (χ2n) is 5.26. The molecular formula is C16H24N2O2. The van der Waals surface area contributed by atoms with Crippen molar-refractivity contribution in [1.82, 2.24) is 10.2 Å². The predicted octanol–water partition coefficient (Wildman–Crippen LogP) is 1.84. The minimum Gasteiger partial charge on any atom is -0.497 e. The van der Waals surface area contributed by atoms with E-state index < -0.39 is 0 Å². The number of carbonyl (C=O) groups excluding carboxylic acids is 1. The van der Waals surface area contributed by atoms with Gasteiger partial charge in [0.1, 0.15) is 5.75 Å². The molecule has 1 saturated heterocycles. The van der Waals surface area contributed by atoms with Crippen LogP contribution in [0.25, 0.3) is 0 Å². The summed E-state index contributed by atoms with van der Waals surface area (Å²) in [6, 6.07) is 8.19. The molecule has 4 heteroatoms. The third-order valence-electron chi connectivity index (χ3n) is 3.76. The van der Waals surface area contributed by atoms with Crippen molar-refractivity contribution < 1.29 is 9.53 Å². The van der Waals surface area contributed by atoms with Crippen LogP contribution in [0.1, 0.15) is 25.3 Å². The molecule has 110 valence electrons. The first-order chi connectivity index (χ1) is 9.72. The van der Waals surface area contributed by atoms with Crippen LogP contribution in [0.2, 0.25) is 0 Å². The van der Waals surface area contributed by atoms with E-state index in [-0.39, 0.29) is 5.91 Å². The highest BCUT2D eigenvalue weighted by Gasteiger charge is 2.22. The normalized spacial score (nSPS) is 18.9. The van der Waals surface area contributed by atoms with E-state index in [1.165, 1.54) is 0 Å². The minimum absolute atomic E-state index is 0.209. The molecule has 1 heterocycles. The Kier molecular flexibility index (Phi) is 5.41. The van der Waals surface area contributed by atoms with E-state index in [4.69, 9.17) is 4.74 Å². The van der Waals surface area contributed by atoms with E-state index in [9.17, 15) is 4.79 Å². The molecule has 1 unspecified atom stereocenters. The quantitative estimate of drug-likeness (QED) is 0.892. The minimum atomic E-state index is 0.209. The zero-order valence-corrected chi connectivity index (χ0v) is 12.4. The molecule has 0 saturated carbocycles. The maximum absolute atomic E-state index is 12.4. The Bertz CT molecular complexity index is 446. The standard InChI is InChI=1S/C16H24N2O2/c1-3-17-14-7-5-9-18(12-14)16(19)11-13-6-4-8-15(10-13)20-2/h4,6,8,10,14,17H,3,5,7,9,11-12H2,1-2H3. The van der Waals surface area contributed by atoms with Crippen molar-refractivity contribution in [3.63, 3.8) is 0 Å². The number of piperidine rings is 1. The van der Waals surface area contributed by atoms with Crippen molar-refractivity contribution in [3.05, 3.63) is 29.8 Å². The van der Waals surface area contributed by atoms with Gasteiger partial charge in [-0.1, -0.05) is 19.1 Å². The molecule has 2 rings (SSSR count). The molecule has 0 spiro atoms. The van der Waals surface area contributed by atoms with Gasteiger partial charge in [-0.25, -0.2) is 0 Å². The molecule has 0 radical (unpaired) electrons.